The molecule has 10 heteroatoms. The maximum absolute atomic E-state index is 13.6. The van der Waals surface area contributed by atoms with Crippen LogP contribution in [0.3, 0.4) is 0 Å². The van der Waals surface area contributed by atoms with Crippen LogP contribution in [0.4, 0.5) is 5.69 Å². The number of allylic oxidation sites excluding steroid dienone is 1. The number of benzene rings is 2. The van der Waals surface area contributed by atoms with Crippen LogP contribution in [0.15, 0.2) is 48.6 Å². The summed E-state index contributed by atoms with van der Waals surface area (Å²) in [6, 6.07) is 11.6. The molecule has 1 amide bonds. The minimum Gasteiger partial charge on any atom is -0.490 e. The molecule has 0 radical (unpaired) electrons. The lowest BCUT2D eigenvalue weighted by molar-refractivity contribution is -0.923. The molecule has 6 rings (SSSR count). The topological polar surface area (TPSA) is 84.9 Å². The Bertz CT molecular complexity index is 1670. The zero-order chi connectivity index (χ0) is 35.7. The summed E-state index contributed by atoms with van der Waals surface area (Å²) in [5.74, 6) is 0.663. The highest BCUT2D eigenvalue weighted by molar-refractivity contribution is 7.90. The number of anilines is 1. The van der Waals surface area contributed by atoms with E-state index in [4.69, 9.17) is 21.1 Å². The number of nitrogens with zero attached hydrogens (tertiary/aromatic N) is 2. The molecule has 0 saturated heterocycles. The summed E-state index contributed by atoms with van der Waals surface area (Å²) >= 11 is 6.47. The van der Waals surface area contributed by atoms with Crippen molar-refractivity contribution in [1.82, 2.24) is 4.72 Å². The molecule has 1 fully saturated rings. The highest BCUT2D eigenvalue weighted by atomic mass is 35.5. The van der Waals surface area contributed by atoms with Crippen molar-refractivity contribution in [2.75, 3.05) is 57.4 Å². The van der Waals surface area contributed by atoms with Gasteiger partial charge in [-0.3, -0.25) is 4.79 Å². The Hall–Kier alpha value is -2.59. The first-order valence-corrected chi connectivity index (χ1v) is 20.9. The molecule has 0 unspecified atom stereocenters. The molecule has 2 aromatic carbocycles. The van der Waals surface area contributed by atoms with Gasteiger partial charge in [0, 0.05) is 29.1 Å². The van der Waals surface area contributed by atoms with Crippen molar-refractivity contribution in [2.45, 2.75) is 89.9 Å². The number of aryl methyl sites for hydroxylation is 1. The lowest BCUT2D eigenvalue weighted by Gasteiger charge is -2.46. The van der Waals surface area contributed by atoms with Crippen LogP contribution in [0.5, 0.6) is 5.75 Å². The zero-order valence-corrected chi connectivity index (χ0v) is 32.2. The Morgan fingerprint density at radius 2 is 1.86 bits per heavy atom. The van der Waals surface area contributed by atoms with Crippen molar-refractivity contribution in [3.05, 3.63) is 70.3 Å². The monoisotopic (exact) mass is 726 g/mol. The fourth-order valence-electron chi connectivity index (χ4n) is 8.85. The van der Waals surface area contributed by atoms with E-state index >= 15 is 0 Å². The van der Waals surface area contributed by atoms with Crippen LogP contribution < -0.4 is 14.4 Å². The van der Waals surface area contributed by atoms with E-state index in [9.17, 15) is 13.2 Å². The Morgan fingerprint density at radius 3 is 2.58 bits per heavy atom. The highest BCUT2D eigenvalue weighted by Gasteiger charge is 2.45. The molecule has 1 N–H and O–H groups in total. The second-order valence-corrected chi connectivity index (χ2v) is 17.9. The van der Waals surface area contributed by atoms with Crippen LogP contribution in [0.1, 0.15) is 88.2 Å². The van der Waals surface area contributed by atoms with Crippen LogP contribution in [0.25, 0.3) is 0 Å². The summed E-state index contributed by atoms with van der Waals surface area (Å²) in [5, 5.41) is -0.000914. The van der Waals surface area contributed by atoms with E-state index in [2.05, 4.69) is 54.7 Å². The molecule has 2 heterocycles. The minimum atomic E-state index is -3.92. The maximum Gasteiger partial charge on any atom is 0.264 e. The number of amides is 1. The first kappa shape index (κ1) is 37.2. The van der Waals surface area contributed by atoms with E-state index in [1.54, 1.807) is 13.0 Å². The van der Waals surface area contributed by atoms with Crippen LogP contribution in [-0.4, -0.2) is 82.6 Å². The number of hydrogen-bond donors (Lipinski definition) is 1. The average molecular weight is 727 g/mol. The van der Waals surface area contributed by atoms with Gasteiger partial charge in [-0.05, 0) is 125 Å². The van der Waals surface area contributed by atoms with Crippen molar-refractivity contribution in [3.8, 4) is 5.75 Å². The van der Waals surface area contributed by atoms with Gasteiger partial charge in [0.15, 0.2) is 0 Å². The number of halogens is 1. The lowest BCUT2D eigenvalue weighted by Crippen LogP contribution is -2.51. The van der Waals surface area contributed by atoms with Crippen molar-refractivity contribution in [3.63, 3.8) is 0 Å². The van der Waals surface area contributed by atoms with E-state index in [1.807, 2.05) is 25.1 Å². The Kier molecular flexibility index (Phi) is 11.3. The molecule has 2 aromatic rings. The largest absolute Gasteiger partial charge is 0.490 e. The predicted octanol–water partition coefficient (Wildman–Crippen LogP) is 7.15. The second-order valence-electron chi connectivity index (χ2n) is 15.5. The fraction of sp³-hybridized carbons (Fsp3) is 0.625. The molecule has 50 heavy (non-hydrogen) atoms. The minimum absolute atomic E-state index is 0.0477. The summed E-state index contributed by atoms with van der Waals surface area (Å²) < 4.78 is 43.8. The smallest absolute Gasteiger partial charge is 0.264 e. The molecule has 1 spiro atoms. The first-order chi connectivity index (χ1) is 23.9. The van der Waals surface area contributed by atoms with E-state index in [-0.39, 0.29) is 17.4 Å². The molecule has 2 aliphatic heterocycles. The number of carbonyl (C=O) groups excluding carboxylic acids is 1. The van der Waals surface area contributed by atoms with Crippen molar-refractivity contribution < 1.29 is 27.2 Å². The summed E-state index contributed by atoms with van der Waals surface area (Å²) in [4.78, 5) is 16.0. The Morgan fingerprint density at radius 1 is 1.08 bits per heavy atom. The third-order valence-electron chi connectivity index (χ3n) is 12.9. The maximum atomic E-state index is 13.6. The van der Waals surface area contributed by atoms with E-state index in [0.717, 1.165) is 92.3 Å². The number of rotatable bonds is 7. The number of ether oxygens (including phenoxy) is 2. The molecule has 4 aliphatic rings. The number of sulfonamides is 1. The van der Waals surface area contributed by atoms with Gasteiger partial charge in [0.1, 0.15) is 12.3 Å². The molecule has 2 bridgehead atoms. The van der Waals surface area contributed by atoms with Gasteiger partial charge in [0.25, 0.3) is 5.91 Å². The lowest BCUT2D eigenvalue weighted by atomic mass is 9.68. The fourth-order valence-corrected chi connectivity index (χ4v) is 10.3. The van der Waals surface area contributed by atoms with Crippen molar-refractivity contribution in [1.29, 1.82) is 0 Å². The molecule has 6 atom stereocenters. The molecule has 274 valence electrons. The number of fused-ring (bicyclic) bond motifs is 4. The number of hydrogen-bond acceptors (Lipinski definition) is 6. The third-order valence-corrected chi connectivity index (χ3v) is 15.0. The van der Waals surface area contributed by atoms with E-state index in [1.165, 1.54) is 11.1 Å². The quantitative estimate of drug-likeness (QED) is 0.241. The number of likely N-dealkylation sites (N-methyl/N-ethyl adjacent to an activating group) is 1. The number of carbonyl (C=O) groups is 1. The van der Waals surface area contributed by atoms with Crippen molar-refractivity contribution >= 4 is 33.2 Å². The zero-order valence-electron chi connectivity index (χ0n) is 30.6. The van der Waals surface area contributed by atoms with Crippen LogP contribution in [0, 0.1) is 17.8 Å². The van der Waals surface area contributed by atoms with Gasteiger partial charge in [-0.25, -0.2) is 13.1 Å². The first-order valence-electron chi connectivity index (χ1n) is 18.9. The van der Waals surface area contributed by atoms with E-state index < -0.39 is 21.2 Å². The van der Waals surface area contributed by atoms with Gasteiger partial charge < -0.3 is 18.9 Å². The van der Waals surface area contributed by atoms with Crippen molar-refractivity contribution in [2.24, 2.45) is 17.8 Å². The summed E-state index contributed by atoms with van der Waals surface area (Å²) in [7, 11) is -3.92. The molecule has 1 saturated carbocycles. The second kappa shape index (κ2) is 15.2. The predicted molar refractivity (Wildman–Crippen MR) is 202 cm³/mol. The normalized spacial score (nSPS) is 30.2. The molecule has 2 aliphatic carbocycles. The average Bonchev–Trinajstić information content (AvgIpc) is 3.24. The molecule has 0 aromatic heterocycles. The number of nitrogens with one attached hydrogen (secondary N) is 1. The Labute approximate surface area is 305 Å². The van der Waals surface area contributed by atoms with Gasteiger partial charge >= 0.3 is 0 Å². The SMILES string of the molecule is CC[N+](CC)(CC)CCO[C@H]1/C=C/C[C@H](C)[C@@H](C)S(=O)(=O)NC(=O)c2ccc3c(c2)N(C[C@@H]2CC[C@H]21)C[C@@]1(CCCc2cc(Cl)ccc21)CO3. The molecular weight excluding hydrogens is 670 g/mol. The number of quaternary nitrogens is 1. The summed E-state index contributed by atoms with van der Waals surface area (Å²) in [6.45, 7) is 17.4. The van der Waals surface area contributed by atoms with Crippen LogP contribution in [-0.2, 0) is 26.6 Å². The van der Waals surface area contributed by atoms with Gasteiger partial charge in [-0.15, -0.1) is 0 Å². The van der Waals surface area contributed by atoms with Crippen LogP contribution in [0.2, 0.25) is 5.02 Å². The molecule has 8 nitrogen and oxygen atoms in total. The summed E-state index contributed by atoms with van der Waals surface area (Å²) in [6.07, 6.45) is 10.1. The Balaban J connectivity index is 1.38. The van der Waals surface area contributed by atoms with Crippen LogP contribution >= 0.6 is 11.6 Å². The third kappa shape index (κ3) is 7.48. The van der Waals surface area contributed by atoms with Gasteiger partial charge in [0.2, 0.25) is 10.0 Å². The highest BCUT2D eigenvalue weighted by Crippen LogP contribution is 2.47. The van der Waals surface area contributed by atoms with Gasteiger partial charge in [-0.2, -0.15) is 0 Å². The van der Waals surface area contributed by atoms with Gasteiger partial charge in [0.05, 0.1) is 49.9 Å². The molecular formula is C40H57ClN3O5S+. The van der Waals surface area contributed by atoms with Gasteiger partial charge in [-0.1, -0.05) is 36.7 Å². The standard InChI is InChI=1S/C40H56ClN3O5S/c1-6-44(7-2,8-3)21-22-48-37-13-9-11-28(4)29(5)50(46,47)42-39(45)31-15-19-38-36(24-31)43(25-32-14-17-34(32)37)26-40(27-49-38)20-10-12-30-23-33(41)16-18-35(30)40/h9,13,15-16,18-19,23-24,28-29,32,34,37H,6-8,10-12,14,17,20-22,25-27H2,1-5H3/p+1/b13-9+/t28-,29+,32-,34+,37-,40-/m0/s1. The summed E-state index contributed by atoms with van der Waals surface area (Å²) in [5.41, 5.74) is 3.49. The van der Waals surface area contributed by atoms with E-state index in [0.29, 0.717) is 37.0 Å².